The predicted molar refractivity (Wildman–Crippen MR) is 73.8 cm³/mol. The molecular weight excluding hydrogens is 278 g/mol. The first-order valence-corrected chi connectivity index (χ1v) is 6.82. The average molecular weight is 291 g/mol. The van der Waals surface area contributed by atoms with Crippen molar-refractivity contribution in [3.8, 4) is 10.8 Å². The molecule has 2 heterocycles. The van der Waals surface area contributed by atoms with Crippen molar-refractivity contribution in [2.45, 2.75) is 20.8 Å². The number of nitrogens with zero attached hydrogens (tertiary/aromatic N) is 3. The number of ether oxygens (including phenoxy) is 1. The third-order valence-corrected chi connectivity index (χ3v) is 3.54. The second-order valence-electron chi connectivity index (χ2n) is 4.06. The van der Waals surface area contributed by atoms with Gasteiger partial charge in [-0.1, -0.05) is 0 Å². The molecule has 104 valence electrons. The van der Waals surface area contributed by atoms with Crippen LogP contribution in [0.1, 0.15) is 39.6 Å². The van der Waals surface area contributed by atoms with Crippen molar-refractivity contribution in [3.05, 3.63) is 28.5 Å². The summed E-state index contributed by atoms with van der Waals surface area (Å²) in [5.41, 5.74) is 0.950. The largest absolute Gasteiger partial charge is 0.461 e. The highest BCUT2D eigenvalue weighted by Gasteiger charge is 2.23. The monoisotopic (exact) mass is 291 g/mol. The first kappa shape index (κ1) is 14.3. The Labute approximate surface area is 119 Å². The molecule has 20 heavy (non-hydrogen) atoms. The standard InChI is InChI=1S/C13H13N3O3S/c1-4-19-13(18)9-10(8(3)17)20-12(16-9)11-14-5-7(2)6-15-11/h5-6H,4H2,1-3H3. The van der Waals surface area contributed by atoms with Crippen LogP contribution in [0.5, 0.6) is 0 Å². The fourth-order valence-electron chi connectivity index (χ4n) is 1.50. The Kier molecular flexibility index (Phi) is 4.19. The number of aryl methyl sites for hydroxylation is 1. The number of rotatable bonds is 4. The van der Waals surface area contributed by atoms with Crippen molar-refractivity contribution in [1.82, 2.24) is 15.0 Å². The molecule has 7 heteroatoms. The van der Waals surface area contributed by atoms with Gasteiger partial charge in [0.2, 0.25) is 0 Å². The molecule has 0 unspecified atom stereocenters. The molecule has 0 aromatic carbocycles. The van der Waals surface area contributed by atoms with Gasteiger partial charge in [0.05, 0.1) is 6.61 Å². The van der Waals surface area contributed by atoms with Gasteiger partial charge in [0.15, 0.2) is 22.3 Å². The lowest BCUT2D eigenvalue weighted by Gasteiger charge is -1.98. The number of hydrogen-bond donors (Lipinski definition) is 0. The first-order valence-electron chi connectivity index (χ1n) is 6.00. The van der Waals surface area contributed by atoms with Crippen LogP contribution in [-0.4, -0.2) is 33.3 Å². The van der Waals surface area contributed by atoms with Gasteiger partial charge in [-0.15, -0.1) is 11.3 Å². The van der Waals surface area contributed by atoms with Crippen LogP contribution >= 0.6 is 11.3 Å². The molecule has 2 aromatic heterocycles. The zero-order valence-corrected chi connectivity index (χ0v) is 12.2. The second kappa shape index (κ2) is 5.87. The molecule has 0 spiro atoms. The van der Waals surface area contributed by atoms with E-state index in [-0.39, 0.29) is 23.0 Å². The predicted octanol–water partition coefficient (Wildman–Crippen LogP) is 2.29. The van der Waals surface area contributed by atoms with Crippen LogP contribution in [0.15, 0.2) is 12.4 Å². The second-order valence-corrected chi connectivity index (χ2v) is 5.06. The van der Waals surface area contributed by atoms with Gasteiger partial charge in [-0.25, -0.2) is 19.7 Å². The molecule has 0 saturated carbocycles. The van der Waals surface area contributed by atoms with Gasteiger partial charge in [-0.2, -0.15) is 0 Å². The van der Waals surface area contributed by atoms with E-state index >= 15 is 0 Å². The highest BCUT2D eigenvalue weighted by Crippen LogP contribution is 2.26. The van der Waals surface area contributed by atoms with E-state index in [0.717, 1.165) is 16.9 Å². The Morgan fingerprint density at radius 3 is 2.50 bits per heavy atom. The van der Waals surface area contributed by atoms with Gasteiger partial charge in [0.1, 0.15) is 4.88 Å². The van der Waals surface area contributed by atoms with E-state index in [1.807, 2.05) is 6.92 Å². The number of thiazole rings is 1. The maximum atomic E-state index is 11.8. The summed E-state index contributed by atoms with van der Waals surface area (Å²) >= 11 is 1.09. The smallest absolute Gasteiger partial charge is 0.358 e. The summed E-state index contributed by atoms with van der Waals surface area (Å²) in [5.74, 6) is -0.449. The highest BCUT2D eigenvalue weighted by atomic mass is 32.1. The Hall–Kier alpha value is -2.15. The van der Waals surface area contributed by atoms with Crippen LogP contribution in [0.4, 0.5) is 0 Å². The fourth-order valence-corrected chi connectivity index (χ4v) is 2.39. The van der Waals surface area contributed by atoms with Gasteiger partial charge in [-0.3, -0.25) is 4.79 Å². The van der Waals surface area contributed by atoms with E-state index in [1.54, 1.807) is 19.3 Å². The van der Waals surface area contributed by atoms with Crippen LogP contribution in [0.3, 0.4) is 0 Å². The molecule has 0 N–H and O–H groups in total. The Bertz CT molecular complexity index is 649. The molecule has 0 bridgehead atoms. The van der Waals surface area contributed by atoms with Crippen molar-refractivity contribution in [3.63, 3.8) is 0 Å². The quantitative estimate of drug-likeness (QED) is 0.635. The minimum atomic E-state index is -0.604. The Morgan fingerprint density at radius 2 is 1.95 bits per heavy atom. The summed E-state index contributed by atoms with van der Waals surface area (Å²) in [6.07, 6.45) is 3.31. The lowest BCUT2D eigenvalue weighted by atomic mass is 10.3. The van der Waals surface area contributed by atoms with Gasteiger partial charge >= 0.3 is 5.97 Å². The fraction of sp³-hybridized carbons (Fsp3) is 0.308. The van der Waals surface area contributed by atoms with E-state index in [1.165, 1.54) is 6.92 Å². The minimum absolute atomic E-state index is 0.0310. The number of carbonyl (C=O) groups is 2. The molecule has 0 saturated heterocycles. The zero-order chi connectivity index (χ0) is 14.7. The SMILES string of the molecule is CCOC(=O)c1nc(-c2ncc(C)cn2)sc1C(C)=O. The van der Waals surface area contributed by atoms with Crippen molar-refractivity contribution in [2.24, 2.45) is 0 Å². The van der Waals surface area contributed by atoms with Crippen LogP contribution in [0.2, 0.25) is 0 Å². The number of hydrogen-bond acceptors (Lipinski definition) is 7. The molecule has 0 amide bonds. The third-order valence-electron chi connectivity index (χ3n) is 2.39. The third kappa shape index (κ3) is 2.88. The van der Waals surface area contributed by atoms with Gasteiger partial charge in [-0.05, 0) is 19.4 Å². The van der Waals surface area contributed by atoms with Gasteiger partial charge in [0.25, 0.3) is 0 Å². The highest BCUT2D eigenvalue weighted by molar-refractivity contribution is 7.17. The van der Waals surface area contributed by atoms with E-state index in [2.05, 4.69) is 15.0 Å². The molecule has 0 atom stereocenters. The summed E-state index contributed by atoms with van der Waals surface area (Å²) in [5, 5.41) is 0.429. The minimum Gasteiger partial charge on any atom is -0.461 e. The molecule has 0 fully saturated rings. The molecule has 2 aromatic rings. The van der Waals surface area contributed by atoms with E-state index in [4.69, 9.17) is 4.74 Å². The van der Waals surface area contributed by atoms with Crippen LogP contribution in [-0.2, 0) is 4.74 Å². The molecular formula is C13H13N3O3S. The molecule has 0 aliphatic heterocycles. The molecule has 6 nitrogen and oxygen atoms in total. The zero-order valence-electron chi connectivity index (χ0n) is 11.3. The molecule has 0 aliphatic carbocycles. The van der Waals surface area contributed by atoms with Crippen molar-refractivity contribution in [1.29, 1.82) is 0 Å². The lowest BCUT2D eigenvalue weighted by Crippen LogP contribution is -2.09. The number of ketones is 1. The van der Waals surface area contributed by atoms with E-state index < -0.39 is 5.97 Å². The van der Waals surface area contributed by atoms with E-state index in [9.17, 15) is 9.59 Å². The molecule has 0 radical (unpaired) electrons. The van der Waals surface area contributed by atoms with Gasteiger partial charge in [0, 0.05) is 19.3 Å². The van der Waals surface area contributed by atoms with Gasteiger partial charge < -0.3 is 4.74 Å². The lowest BCUT2D eigenvalue weighted by molar-refractivity contribution is 0.0517. The number of Topliss-reactive ketones (excluding diaryl/α,β-unsaturated/α-hetero) is 1. The van der Waals surface area contributed by atoms with E-state index in [0.29, 0.717) is 10.8 Å². The topological polar surface area (TPSA) is 82.0 Å². The number of aromatic nitrogens is 3. The maximum Gasteiger partial charge on any atom is 0.358 e. The van der Waals surface area contributed by atoms with Crippen LogP contribution < -0.4 is 0 Å². The Balaban J connectivity index is 2.46. The summed E-state index contributed by atoms with van der Waals surface area (Å²) in [6, 6.07) is 0. The summed E-state index contributed by atoms with van der Waals surface area (Å²) in [7, 11) is 0. The number of carbonyl (C=O) groups excluding carboxylic acids is 2. The molecule has 0 aliphatic rings. The summed E-state index contributed by atoms with van der Waals surface area (Å²) in [6.45, 7) is 5.18. The normalized spacial score (nSPS) is 10.3. The number of esters is 1. The first-order chi connectivity index (χ1) is 9.52. The molecule has 2 rings (SSSR count). The van der Waals surface area contributed by atoms with Crippen molar-refractivity contribution >= 4 is 23.1 Å². The van der Waals surface area contributed by atoms with Crippen molar-refractivity contribution in [2.75, 3.05) is 6.61 Å². The maximum absolute atomic E-state index is 11.8. The summed E-state index contributed by atoms with van der Waals surface area (Å²) in [4.78, 5) is 36.1. The average Bonchev–Trinajstić information content (AvgIpc) is 2.85. The van der Waals surface area contributed by atoms with Crippen LogP contribution in [0, 0.1) is 6.92 Å². The van der Waals surface area contributed by atoms with Crippen molar-refractivity contribution < 1.29 is 14.3 Å². The van der Waals surface area contributed by atoms with Crippen LogP contribution in [0.25, 0.3) is 10.8 Å². The Morgan fingerprint density at radius 1 is 1.30 bits per heavy atom. The summed E-state index contributed by atoms with van der Waals surface area (Å²) < 4.78 is 4.90.